The molecule has 0 N–H and O–H groups in total. The minimum atomic E-state index is -0.474. The van der Waals surface area contributed by atoms with Crippen LogP contribution in [0, 0.1) is 5.41 Å². The van der Waals surface area contributed by atoms with Gasteiger partial charge in [-0.25, -0.2) is 0 Å². The van der Waals surface area contributed by atoms with E-state index >= 15 is 0 Å². The Morgan fingerprint density at radius 1 is 1.19 bits per heavy atom. The Morgan fingerprint density at radius 2 is 1.95 bits per heavy atom. The van der Waals surface area contributed by atoms with Gasteiger partial charge < -0.3 is 4.74 Å². The third-order valence-electron chi connectivity index (χ3n) is 4.73. The number of fused-ring (bicyclic) bond motifs is 1. The van der Waals surface area contributed by atoms with E-state index in [2.05, 4.69) is 17.1 Å². The summed E-state index contributed by atoms with van der Waals surface area (Å²) in [5, 5.41) is 2.28. The Hall–Kier alpha value is -1.74. The van der Waals surface area contributed by atoms with Gasteiger partial charge in [0.25, 0.3) is 0 Å². The van der Waals surface area contributed by atoms with Crippen molar-refractivity contribution in [3.63, 3.8) is 0 Å². The summed E-state index contributed by atoms with van der Waals surface area (Å²) in [6.45, 7) is 4.01. The van der Waals surface area contributed by atoms with Crippen molar-refractivity contribution in [1.82, 2.24) is 4.98 Å². The van der Waals surface area contributed by atoms with Gasteiger partial charge in [-0.05, 0) is 24.3 Å². The van der Waals surface area contributed by atoms with Gasteiger partial charge in [-0.15, -0.1) is 0 Å². The number of carbonyl (C=O) groups excluding carboxylic acids is 1. The number of Topliss-reactive ketones (excluding diaryl/α,β-unsaturated/α-hetero) is 1. The van der Waals surface area contributed by atoms with Gasteiger partial charge in [-0.3, -0.25) is 9.78 Å². The molecule has 0 amide bonds. The van der Waals surface area contributed by atoms with E-state index in [4.69, 9.17) is 4.74 Å². The van der Waals surface area contributed by atoms with E-state index in [1.807, 2.05) is 38.2 Å². The number of hydrogen-bond donors (Lipinski definition) is 0. The van der Waals surface area contributed by atoms with Gasteiger partial charge in [0.05, 0.1) is 5.69 Å². The highest BCUT2D eigenvalue weighted by Gasteiger charge is 2.47. The molecule has 1 aromatic carbocycles. The summed E-state index contributed by atoms with van der Waals surface area (Å²) in [5.74, 6) is 0.315. The Bertz CT molecular complexity index is 687. The van der Waals surface area contributed by atoms with E-state index < -0.39 is 5.60 Å². The molecule has 0 radical (unpaired) electrons. The van der Waals surface area contributed by atoms with E-state index in [0.717, 1.165) is 16.5 Å². The highest BCUT2D eigenvalue weighted by molar-refractivity contribution is 5.87. The first kappa shape index (κ1) is 14.2. The van der Waals surface area contributed by atoms with Crippen LogP contribution in [0.3, 0.4) is 0 Å². The number of nitrogens with zero attached hydrogens (tertiary/aromatic N) is 1. The Balaban J connectivity index is 2.17. The lowest BCUT2D eigenvalue weighted by atomic mass is 9.67. The number of pyridine rings is 1. The number of hydrogen-bond acceptors (Lipinski definition) is 3. The van der Waals surface area contributed by atoms with Crippen molar-refractivity contribution in [2.45, 2.75) is 38.7 Å². The largest absolute Gasteiger partial charge is 0.372 e. The number of rotatable bonds is 2. The molecule has 1 unspecified atom stereocenters. The smallest absolute Gasteiger partial charge is 0.138 e. The van der Waals surface area contributed by atoms with Crippen molar-refractivity contribution >= 4 is 16.6 Å². The summed E-state index contributed by atoms with van der Waals surface area (Å²) in [6.07, 6.45) is 3.76. The maximum Gasteiger partial charge on any atom is 0.138 e. The molecule has 3 rings (SSSR count). The van der Waals surface area contributed by atoms with E-state index in [0.29, 0.717) is 25.0 Å². The Morgan fingerprint density at radius 3 is 2.67 bits per heavy atom. The second-order valence-corrected chi connectivity index (χ2v) is 6.56. The van der Waals surface area contributed by atoms with E-state index in [9.17, 15) is 4.79 Å². The first-order valence-electron chi connectivity index (χ1n) is 7.41. The van der Waals surface area contributed by atoms with Gasteiger partial charge in [0.15, 0.2) is 0 Å². The minimum Gasteiger partial charge on any atom is -0.372 e. The molecule has 1 aliphatic rings. The number of ketones is 1. The molecule has 1 saturated carbocycles. The highest BCUT2D eigenvalue weighted by atomic mass is 16.5. The SMILES string of the molecule is COC1(c2nccc3ccccc23)CCC(=O)C(C)(C)C1. The van der Waals surface area contributed by atoms with Crippen molar-refractivity contribution in [2.24, 2.45) is 5.41 Å². The van der Waals surface area contributed by atoms with Gasteiger partial charge in [-0.2, -0.15) is 0 Å². The lowest BCUT2D eigenvalue weighted by molar-refractivity contribution is -0.143. The van der Waals surface area contributed by atoms with Crippen molar-refractivity contribution in [1.29, 1.82) is 0 Å². The average molecular weight is 283 g/mol. The number of benzene rings is 1. The molecule has 0 aliphatic heterocycles. The quantitative estimate of drug-likeness (QED) is 0.840. The molecule has 1 fully saturated rings. The van der Waals surface area contributed by atoms with Crippen LogP contribution in [0.25, 0.3) is 10.8 Å². The van der Waals surface area contributed by atoms with Crippen molar-refractivity contribution in [2.75, 3.05) is 7.11 Å². The number of ether oxygens (including phenoxy) is 1. The molecule has 21 heavy (non-hydrogen) atoms. The molecule has 2 aromatic rings. The highest BCUT2D eigenvalue weighted by Crippen LogP contribution is 2.47. The Labute approximate surface area is 125 Å². The van der Waals surface area contributed by atoms with Gasteiger partial charge in [0.1, 0.15) is 11.4 Å². The topological polar surface area (TPSA) is 39.2 Å². The molecule has 3 heteroatoms. The average Bonchev–Trinajstić information content (AvgIpc) is 2.49. The van der Waals surface area contributed by atoms with Gasteiger partial charge in [-0.1, -0.05) is 38.1 Å². The molecule has 1 heterocycles. The third-order valence-corrected chi connectivity index (χ3v) is 4.73. The minimum absolute atomic E-state index is 0.315. The molecule has 110 valence electrons. The summed E-state index contributed by atoms with van der Waals surface area (Å²) in [7, 11) is 1.73. The fraction of sp³-hybridized carbons (Fsp3) is 0.444. The summed E-state index contributed by atoms with van der Waals surface area (Å²) < 4.78 is 5.94. The molecular weight excluding hydrogens is 262 g/mol. The van der Waals surface area contributed by atoms with Crippen LogP contribution in [0.15, 0.2) is 36.5 Å². The van der Waals surface area contributed by atoms with Crippen molar-refractivity contribution in [3.05, 3.63) is 42.2 Å². The van der Waals surface area contributed by atoms with Crippen LogP contribution in [-0.4, -0.2) is 17.9 Å². The summed E-state index contributed by atoms with van der Waals surface area (Å²) in [6, 6.07) is 10.2. The predicted molar refractivity (Wildman–Crippen MR) is 83.1 cm³/mol. The monoisotopic (exact) mass is 283 g/mol. The molecule has 3 nitrogen and oxygen atoms in total. The maximum absolute atomic E-state index is 12.1. The first-order valence-corrected chi connectivity index (χ1v) is 7.41. The number of methoxy groups -OCH3 is 1. The normalized spacial score (nSPS) is 25.2. The van der Waals surface area contributed by atoms with Crippen LogP contribution in [0.2, 0.25) is 0 Å². The zero-order chi connectivity index (χ0) is 15.1. The summed E-state index contributed by atoms with van der Waals surface area (Å²) in [5.41, 5.74) is 0.120. The van der Waals surface area contributed by atoms with E-state index in [1.54, 1.807) is 7.11 Å². The number of aromatic nitrogens is 1. The standard InChI is InChI=1S/C18H21NO2/c1-17(2)12-18(21-3,10-8-15(17)20)16-14-7-5-4-6-13(14)9-11-19-16/h4-7,9,11H,8,10,12H2,1-3H3. The zero-order valence-electron chi connectivity index (χ0n) is 12.8. The van der Waals surface area contributed by atoms with Crippen LogP contribution in [-0.2, 0) is 15.1 Å². The van der Waals surface area contributed by atoms with Crippen molar-refractivity contribution < 1.29 is 9.53 Å². The first-order chi connectivity index (χ1) is 9.98. The molecule has 0 spiro atoms. The van der Waals surface area contributed by atoms with Gasteiger partial charge >= 0.3 is 0 Å². The lowest BCUT2D eigenvalue weighted by Crippen LogP contribution is -2.44. The molecule has 1 aromatic heterocycles. The molecule has 1 atom stereocenters. The van der Waals surface area contributed by atoms with E-state index in [1.165, 1.54) is 0 Å². The molecule has 0 saturated heterocycles. The van der Waals surface area contributed by atoms with Crippen LogP contribution in [0.4, 0.5) is 0 Å². The number of carbonyl (C=O) groups is 1. The second-order valence-electron chi connectivity index (χ2n) is 6.56. The van der Waals surface area contributed by atoms with Gasteiger partial charge in [0.2, 0.25) is 0 Å². The van der Waals surface area contributed by atoms with Crippen molar-refractivity contribution in [3.8, 4) is 0 Å². The summed E-state index contributed by atoms with van der Waals surface area (Å²) in [4.78, 5) is 16.8. The zero-order valence-corrected chi connectivity index (χ0v) is 12.8. The van der Waals surface area contributed by atoms with Gasteiger partial charge in [0, 0.05) is 30.5 Å². The molecule has 1 aliphatic carbocycles. The third kappa shape index (κ3) is 2.26. The van der Waals surface area contributed by atoms with Crippen LogP contribution < -0.4 is 0 Å². The molecule has 0 bridgehead atoms. The summed E-state index contributed by atoms with van der Waals surface area (Å²) >= 11 is 0. The predicted octanol–water partition coefficient (Wildman–Crippen LogP) is 3.86. The van der Waals surface area contributed by atoms with Crippen LogP contribution in [0.5, 0.6) is 0 Å². The fourth-order valence-electron chi connectivity index (χ4n) is 3.51. The fourth-order valence-corrected chi connectivity index (χ4v) is 3.51. The Kier molecular flexibility index (Phi) is 3.33. The van der Waals surface area contributed by atoms with E-state index in [-0.39, 0.29) is 5.41 Å². The molecular formula is C18H21NO2. The second kappa shape index (κ2) is 4.92. The van der Waals surface area contributed by atoms with Crippen LogP contribution >= 0.6 is 0 Å². The van der Waals surface area contributed by atoms with Crippen LogP contribution in [0.1, 0.15) is 38.8 Å². The lowest BCUT2D eigenvalue weighted by Gasteiger charge is -2.43. The maximum atomic E-state index is 12.1.